The Balaban J connectivity index is 2.48. The van der Waals surface area contributed by atoms with Gasteiger partial charge < -0.3 is 5.32 Å². The highest BCUT2D eigenvalue weighted by atomic mass is 32.2. The zero-order chi connectivity index (χ0) is 10.6. The molecule has 2 N–H and O–H groups in total. The Morgan fingerprint density at radius 3 is 2.86 bits per heavy atom. The van der Waals surface area contributed by atoms with Crippen LogP contribution < -0.4 is 5.32 Å². The summed E-state index contributed by atoms with van der Waals surface area (Å²) in [7, 11) is 1.61. The molecule has 0 aliphatic rings. The largest absolute Gasteiger partial charge is 0.358 e. The number of rotatable bonds is 4. The Bertz CT molecular complexity index is 310. The summed E-state index contributed by atoms with van der Waals surface area (Å²) in [6.07, 6.45) is 0. The molecular formula is C8H14N4OS. The van der Waals surface area contributed by atoms with Crippen molar-refractivity contribution in [2.24, 2.45) is 0 Å². The number of nitrogens with one attached hydrogen (secondary N) is 2. The molecule has 0 fully saturated rings. The summed E-state index contributed by atoms with van der Waals surface area (Å²) in [5.74, 6) is 1.51. The van der Waals surface area contributed by atoms with E-state index in [2.05, 4.69) is 20.5 Å². The van der Waals surface area contributed by atoms with Crippen molar-refractivity contribution in [2.45, 2.75) is 24.9 Å². The third kappa shape index (κ3) is 3.02. The number of nitrogens with zero attached hydrogens (tertiary/aromatic N) is 2. The summed E-state index contributed by atoms with van der Waals surface area (Å²) in [5, 5.41) is 9.99. The van der Waals surface area contributed by atoms with E-state index in [0.29, 0.717) is 16.8 Å². The first-order valence-corrected chi connectivity index (χ1v) is 5.37. The van der Waals surface area contributed by atoms with Gasteiger partial charge in [-0.2, -0.15) is 0 Å². The van der Waals surface area contributed by atoms with Crippen LogP contribution in [0, 0.1) is 0 Å². The average Bonchev–Trinajstić information content (AvgIpc) is 2.62. The van der Waals surface area contributed by atoms with E-state index in [4.69, 9.17) is 0 Å². The van der Waals surface area contributed by atoms with Crippen LogP contribution in [0.1, 0.15) is 25.6 Å². The van der Waals surface area contributed by atoms with Gasteiger partial charge >= 0.3 is 0 Å². The predicted octanol–water partition coefficient (Wildman–Crippen LogP) is 0.766. The number of thioether (sulfide) groups is 1. The summed E-state index contributed by atoms with van der Waals surface area (Å²) >= 11 is 1.33. The zero-order valence-corrected chi connectivity index (χ0v) is 9.31. The molecule has 1 aromatic rings. The quantitative estimate of drug-likeness (QED) is 0.726. The highest BCUT2D eigenvalue weighted by Gasteiger charge is 2.08. The fraction of sp³-hybridized carbons (Fsp3) is 0.625. The van der Waals surface area contributed by atoms with Crippen molar-refractivity contribution in [3.05, 3.63) is 5.82 Å². The van der Waals surface area contributed by atoms with E-state index in [0.717, 1.165) is 5.82 Å². The minimum Gasteiger partial charge on any atom is -0.358 e. The van der Waals surface area contributed by atoms with Crippen LogP contribution in [0.15, 0.2) is 5.16 Å². The lowest BCUT2D eigenvalue weighted by Gasteiger charge is -1.96. The third-order valence-electron chi connectivity index (χ3n) is 1.64. The first-order valence-electron chi connectivity index (χ1n) is 4.39. The summed E-state index contributed by atoms with van der Waals surface area (Å²) in [5.41, 5.74) is 0. The van der Waals surface area contributed by atoms with Gasteiger partial charge in [-0.3, -0.25) is 9.89 Å². The van der Waals surface area contributed by atoms with Crippen molar-refractivity contribution in [3.8, 4) is 0 Å². The van der Waals surface area contributed by atoms with E-state index in [9.17, 15) is 4.79 Å². The van der Waals surface area contributed by atoms with Crippen LogP contribution in [-0.4, -0.2) is 33.9 Å². The highest BCUT2D eigenvalue weighted by Crippen LogP contribution is 2.15. The maximum Gasteiger partial charge on any atom is 0.230 e. The second kappa shape index (κ2) is 4.99. The van der Waals surface area contributed by atoms with Gasteiger partial charge in [-0.15, -0.1) is 5.10 Å². The second-order valence-corrected chi connectivity index (χ2v) is 4.06. The minimum atomic E-state index is -0.0223. The zero-order valence-electron chi connectivity index (χ0n) is 8.50. The number of hydrogen-bond donors (Lipinski definition) is 2. The Morgan fingerprint density at radius 1 is 1.64 bits per heavy atom. The van der Waals surface area contributed by atoms with Crippen molar-refractivity contribution in [2.75, 3.05) is 12.8 Å². The van der Waals surface area contributed by atoms with E-state index in [1.54, 1.807) is 7.05 Å². The van der Waals surface area contributed by atoms with Crippen molar-refractivity contribution >= 4 is 17.7 Å². The summed E-state index contributed by atoms with van der Waals surface area (Å²) in [6.45, 7) is 4.07. The molecule has 0 atom stereocenters. The lowest BCUT2D eigenvalue weighted by atomic mass is 10.2. The lowest BCUT2D eigenvalue weighted by Crippen LogP contribution is -2.19. The number of carbonyl (C=O) groups excluding carboxylic acids is 1. The molecule has 0 aromatic carbocycles. The molecule has 0 spiro atoms. The molecule has 1 rings (SSSR count). The lowest BCUT2D eigenvalue weighted by molar-refractivity contribution is -0.118. The van der Waals surface area contributed by atoms with Gasteiger partial charge in [0.25, 0.3) is 0 Å². The van der Waals surface area contributed by atoms with E-state index in [-0.39, 0.29) is 5.91 Å². The molecule has 0 aliphatic heterocycles. The number of aromatic nitrogens is 3. The SMILES string of the molecule is CNC(=O)CSc1n[nH]c(C(C)C)n1. The number of aromatic amines is 1. The molecule has 5 nitrogen and oxygen atoms in total. The van der Waals surface area contributed by atoms with Crippen molar-refractivity contribution in [3.63, 3.8) is 0 Å². The topological polar surface area (TPSA) is 70.7 Å². The smallest absolute Gasteiger partial charge is 0.230 e. The fourth-order valence-electron chi connectivity index (χ4n) is 0.783. The van der Waals surface area contributed by atoms with Gasteiger partial charge in [0.05, 0.1) is 5.75 Å². The molecule has 1 amide bonds. The summed E-state index contributed by atoms with van der Waals surface area (Å²) < 4.78 is 0. The summed E-state index contributed by atoms with van der Waals surface area (Å²) in [4.78, 5) is 15.2. The maximum atomic E-state index is 10.9. The molecule has 0 saturated heterocycles. The van der Waals surface area contributed by atoms with Gasteiger partial charge in [0.1, 0.15) is 5.82 Å². The molecule has 6 heteroatoms. The van der Waals surface area contributed by atoms with Crippen molar-refractivity contribution in [1.29, 1.82) is 0 Å². The Kier molecular flexibility index (Phi) is 3.94. The average molecular weight is 214 g/mol. The van der Waals surface area contributed by atoms with Gasteiger partial charge in [0, 0.05) is 13.0 Å². The van der Waals surface area contributed by atoms with E-state index < -0.39 is 0 Å². The molecule has 0 unspecified atom stereocenters. The molecule has 78 valence electrons. The maximum absolute atomic E-state index is 10.9. The van der Waals surface area contributed by atoms with Gasteiger partial charge in [0.2, 0.25) is 11.1 Å². The van der Waals surface area contributed by atoms with Crippen LogP contribution in [0.5, 0.6) is 0 Å². The van der Waals surface area contributed by atoms with Crippen molar-refractivity contribution in [1.82, 2.24) is 20.5 Å². The molecule has 14 heavy (non-hydrogen) atoms. The Morgan fingerprint density at radius 2 is 2.36 bits per heavy atom. The van der Waals surface area contributed by atoms with Crippen LogP contribution in [-0.2, 0) is 4.79 Å². The molecule has 0 radical (unpaired) electrons. The van der Waals surface area contributed by atoms with Gasteiger partial charge in [0.15, 0.2) is 0 Å². The molecule has 1 heterocycles. The van der Waals surface area contributed by atoms with E-state index in [1.165, 1.54) is 11.8 Å². The van der Waals surface area contributed by atoms with E-state index >= 15 is 0 Å². The molecule has 1 aromatic heterocycles. The Hall–Kier alpha value is -1.04. The predicted molar refractivity (Wildman–Crippen MR) is 55.3 cm³/mol. The first kappa shape index (κ1) is 11.0. The minimum absolute atomic E-state index is 0.0223. The highest BCUT2D eigenvalue weighted by molar-refractivity contribution is 7.99. The van der Waals surface area contributed by atoms with Crippen LogP contribution in [0.2, 0.25) is 0 Å². The fourth-order valence-corrected chi connectivity index (χ4v) is 1.46. The van der Waals surface area contributed by atoms with Crippen LogP contribution in [0.4, 0.5) is 0 Å². The second-order valence-electron chi connectivity index (χ2n) is 3.12. The van der Waals surface area contributed by atoms with Gasteiger partial charge in [-0.1, -0.05) is 25.6 Å². The van der Waals surface area contributed by atoms with Gasteiger partial charge in [-0.05, 0) is 0 Å². The Labute approximate surface area is 87.1 Å². The number of H-pyrrole nitrogens is 1. The monoisotopic (exact) mass is 214 g/mol. The first-order chi connectivity index (χ1) is 6.63. The van der Waals surface area contributed by atoms with E-state index in [1.807, 2.05) is 13.8 Å². The molecule has 0 aliphatic carbocycles. The third-order valence-corrected chi connectivity index (χ3v) is 2.49. The molecule has 0 saturated carbocycles. The standard InChI is InChI=1S/C8H14N4OS/c1-5(2)7-10-8(12-11-7)14-4-6(13)9-3/h5H,4H2,1-3H3,(H,9,13)(H,10,11,12). The normalized spacial score (nSPS) is 10.6. The number of carbonyl (C=O) groups is 1. The summed E-state index contributed by atoms with van der Waals surface area (Å²) in [6, 6.07) is 0. The van der Waals surface area contributed by atoms with Crippen LogP contribution >= 0.6 is 11.8 Å². The number of amides is 1. The van der Waals surface area contributed by atoms with Crippen LogP contribution in [0.3, 0.4) is 0 Å². The van der Waals surface area contributed by atoms with Crippen molar-refractivity contribution < 1.29 is 4.79 Å². The van der Waals surface area contributed by atoms with Gasteiger partial charge in [-0.25, -0.2) is 4.98 Å². The van der Waals surface area contributed by atoms with Crippen LogP contribution in [0.25, 0.3) is 0 Å². The molecule has 0 bridgehead atoms. The molecular weight excluding hydrogens is 200 g/mol. The number of hydrogen-bond acceptors (Lipinski definition) is 4.